The third kappa shape index (κ3) is 3.95. The molecule has 2 aromatic carbocycles. The van der Waals surface area contributed by atoms with Crippen molar-refractivity contribution in [2.75, 3.05) is 6.61 Å². The minimum absolute atomic E-state index is 0.0854. The van der Waals surface area contributed by atoms with E-state index in [9.17, 15) is 4.79 Å². The summed E-state index contributed by atoms with van der Waals surface area (Å²) in [7, 11) is 3.70. The van der Waals surface area contributed by atoms with Crippen molar-refractivity contribution in [2.45, 2.75) is 12.5 Å². The van der Waals surface area contributed by atoms with Gasteiger partial charge in [-0.05, 0) is 60.0 Å². The van der Waals surface area contributed by atoms with Gasteiger partial charge in [-0.1, -0.05) is 29.8 Å². The minimum Gasteiger partial charge on any atom is -0.494 e. The Labute approximate surface area is 212 Å². The summed E-state index contributed by atoms with van der Waals surface area (Å²) in [6, 6.07) is 19.3. The summed E-state index contributed by atoms with van der Waals surface area (Å²) in [6.45, 7) is 2.51. The number of pyridine rings is 1. The van der Waals surface area contributed by atoms with Gasteiger partial charge in [-0.15, -0.1) is 11.3 Å². The average Bonchev–Trinajstić information content (AvgIpc) is 3.49. The number of halogens is 1. The van der Waals surface area contributed by atoms with Crippen LogP contribution in [0.4, 0.5) is 0 Å². The zero-order valence-electron chi connectivity index (χ0n) is 19.7. The van der Waals surface area contributed by atoms with Gasteiger partial charge in [0.1, 0.15) is 11.3 Å². The van der Waals surface area contributed by atoms with Gasteiger partial charge >= 0.3 is 0 Å². The highest BCUT2D eigenvalue weighted by Gasteiger charge is 2.36. The molecular weight excluding hydrogens is 480 g/mol. The molecule has 0 amide bonds. The van der Waals surface area contributed by atoms with E-state index in [1.807, 2.05) is 67.1 Å². The molecular formula is C27H25ClN4O2S. The van der Waals surface area contributed by atoms with Gasteiger partial charge in [0.25, 0.3) is 5.56 Å². The molecule has 0 bridgehead atoms. The lowest BCUT2D eigenvalue weighted by Gasteiger charge is -2.30. The van der Waals surface area contributed by atoms with Gasteiger partial charge in [0.2, 0.25) is 0 Å². The summed E-state index contributed by atoms with van der Waals surface area (Å²) in [5, 5.41) is 0.915. The third-order valence-corrected chi connectivity index (χ3v) is 7.71. The SMILES string of the molecule is CCOc1cccc(-c2cc(=O)n(C)c3ccc(C(N)(c4ccc(Cl)s4)c4cncn4C)cc23)c1. The van der Waals surface area contributed by atoms with Crippen LogP contribution in [0.1, 0.15) is 23.1 Å². The van der Waals surface area contributed by atoms with Crippen LogP contribution in [0.5, 0.6) is 5.75 Å². The molecule has 8 heteroatoms. The average molecular weight is 505 g/mol. The Bertz CT molecular complexity index is 1600. The van der Waals surface area contributed by atoms with Crippen LogP contribution in [0.25, 0.3) is 22.0 Å². The normalized spacial score (nSPS) is 13.2. The van der Waals surface area contributed by atoms with Crippen LogP contribution in [0, 0.1) is 0 Å². The largest absolute Gasteiger partial charge is 0.494 e. The monoisotopic (exact) mass is 504 g/mol. The molecule has 0 radical (unpaired) electrons. The molecule has 0 aliphatic carbocycles. The van der Waals surface area contributed by atoms with Gasteiger partial charge in [-0.25, -0.2) is 4.98 Å². The predicted octanol–water partition coefficient (Wildman–Crippen LogP) is 5.30. The van der Waals surface area contributed by atoms with E-state index in [2.05, 4.69) is 11.1 Å². The number of benzene rings is 2. The van der Waals surface area contributed by atoms with Gasteiger partial charge < -0.3 is 19.6 Å². The predicted molar refractivity (Wildman–Crippen MR) is 142 cm³/mol. The molecule has 0 saturated carbocycles. The van der Waals surface area contributed by atoms with Crippen LogP contribution in [-0.2, 0) is 19.6 Å². The Morgan fingerprint density at radius 3 is 2.63 bits per heavy atom. The number of thiophene rings is 1. The molecule has 0 aliphatic rings. The Morgan fingerprint density at radius 1 is 1.11 bits per heavy atom. The molecule has 5 rings (SSSR count). The molecule has 0 saturated heterocycles. The fraction of sp³-hybridized carbons (Fsp3) is 0.185. The van der Waals surface area contributed by atoms with E-state index in [1.54, 1.807) is 30.2 Å². The van der Waals surface area contributed by atoms with Crippen molar-refractivity contribution in [1.29, 1.82) is 0 Å². The first-order valence-electron chi connectivity index (χ1n) is 11.2. The van der Waals surface area contributed by atoms with Crippen molar-refractivity contribution in [3.63, 3.8) is 0 Å². The lowest BCUT2D eigenvalue weighted by molar-refractivity contribution is 0.340. The van der Waals surface area contributed by atoms with E-state index in [-0.39, 0.29) is 5.56 Å². The summed E-state index contributed by atoms with van der Waals surface area (Å²) >= 11 is 7.77. The Hall–Kier alpha value is -3.39. The molecule has 1 atom stereocenters. The fourth-order valence-corrected chi connectivity index (χ4v) is 5.72. The Morgan fingerprint density at radius 2 is 1.94 bits per heavy atom. The summed E-state index contributed by atoms with van der Waals surface area (Å²) in [5.41, 5.74) is 10.4. The number of rotatable bonds is 6. The van der Waals surface area contributed by atoms with E-state index in [0.717, 1.165) is 43.9 Å². The van der Waals surface area contributed by atoms with Gasteiger partial charge in [0, 0.05) is 30.4 Å². The second-order valence-electron chi connectivity index (χ2n) is 8.45. The molecule has 1 unspecified atom stereocenters. The molecule has 0 spiro atoms. The topological polar surface area (TPSA) is 75.1 Å². The van der Waals surface area contributed by atoms with Crippen LogP contribution in [0.15, 0.2) is 78.0 Å². The van der Waals surface area contributed by atoms with E-state index in [1.165, 1.54) is 11.3 Å². The van der Waals surface area contributed by atoms with Gasteiger partial charge in [0.15, 0.2) is 0 Å². The van der Waals surface area contributed by atoms with Crippen molar-refractivity contribution >= 4 is 33.8 Å². The second kappa shape index (κ2) is 9.00. The van der Waals surface area contributed by atoms with Crippen LogP contribution in [-0.4, -0.2) is 20.7 Å². The van der Waals surface area contributed by atoms with Crippen molar-refractivity contribution in [2.24, 2.45) is 19.8 Å². The lowest BCUT2D eigenvalue weighted by atomic mass is 9.84. The first kappa shape index (κ1) is 23.4. The third-order valence-electron chi connectivity index (χ3n) is 6.34. The molecule has 3 aromatic heterocycles. The Kier molecular flexibility index (Phi) is 6.01. The maximum atomic E-state index is 12.9. The van der Waals surface area contributed by atoms with Crippen LogP contribution < -0.4 is 16.0 Å². The number of aromatic nitrogens is 3. The number of nitrogens with zero attached hydrogens (tertiary/aromatic N) is 3. The molecule has 2 N–H and O–H groups in total. The first-order valence-corrected chi connectivity index (χ1v) is 12.4. The van der Waals surface area contributed by atoms with E-state index in [4.69, 9.17) is 22.1 Å². The number of nitrogens with two attached hydrogens (primary N) is 1. The number of fused-ring (bicyclic) bond motifs is 1. The molecule has 6 nitrogen and oxygen atoms in total. The molecule has 0 aliphatic heterocycles. The van der Waals surface area contributed by atoms with Gasteiger partial charge in [-0.2, -0.15) is 0 Å². The molecule has 3 heterocycles. The van der Waals surface area contributed by atoms with Crippen LogP contribution in [0.2, 0.25) is 4.34 Å². The number of aryl methyl sites for hydroxylation is 2. The highest BCUT2D eigenvalue weighted by molar-refractivity contribution is 7.16. The van der Waals surface area contributed by atoms with Gasteiger partial charge in [-0.3, -0.25) is 4.79 Å². The smallest absolute Gasteiger partial charge is 0.251 e. The quantitative estimate of drug-likeness (QED) is 0.340. The van der Waals surface area contributed by atoms with Gasteiger partial charge in [0.05, 0.1) is 34.7 Å². The highest BCUT2D eigenvalue weighted by Crippen LogP contribution is 2.41. The van der Waals surface area contributed by atoms with Crippen LogP contribution in [0.3, 0.4) is 0 Å². The maximum Gasteiger partial charge on any atom is 0.251 e. The molecule has 0 fully saturated rings. The summed E-state index contributed by atoms with van der Waals surface area (Å²) in [6.07, 6.45) is 3.52. The van der Waals surface area contributed by atoms with E-state index < -0.39 is 5.54 Å². The Balaban J connectivity index is 1.80. The van der Waals surface area contributed by atoms with Crippen LogP contribution >= 0.6 is 22.9 Å². The fourth-order valence-electron chi connectivity index (χ4n) is 4.55. The summed E-state index contributed by atoms with van der Waals surface area (Å²) < 4.78 is 9.94. The number of hydrogen-bond donors (Lipinski definition) is 1. The highest BCUT2D eigenvalue weighted by atomic mass is 35.5. The molecule has 5 aromatic rings. The molecule has 178 valence electrons. The molecule has 35 heavy (non-hydrogen) atoms. The van der Waals surface area contributed by atoms with E-state index >= 15 is 0 Å². The minimum atomic E-state index is -0.990. The van der Waals surface area contributed by atoms with Crippen molar-refractivity contribution in [3.05, 3.63) is 104 Å². The lowest BCUT2D eigenvalue weighted by Crippen LogP contribution is -2.40. The van der Waals surface area contributed by atoms with Crippen molar-refractivity contribution in [3.8, 4) is 16.9 Å². The second-order valence-corrected chi connectivity index (χ2v) is 10.2. The summed E-state index contributed by atoms with van der Waals surface area (Å²) in [5.74, 6) is 0.756. The van der Waals surface area contributed by atoms with E-state index in [0.29, 0.717) is 10.9 Å². The maximum absolute atomic E-state index is 12.9. The number of ether oxygens (including phenoxy) is 1. The number of hydrogen-bond acceptors (Lipinski definition) is 5. The number of imidazole rings is 1. The first-order chi connectivity index (χ1) is 16.8. The zero-order valence-corrected chi connectivity index (χ0v) is 21.2. The zero-order chi connectivity index (χ0) is 24.7. The van der Waals surface area contributed by atoms with Crippen molar-refractivity contribution in [1.82, 2.24) is 14.1 Å². The summed E-state index contributed by atoms with van der Waals surface area (Å²) in [4.78, 5) is 18.1. The standard InChI is InChI=1S/C27H25ClN4O2S/c1-4-34-19-7-5-6-17(12-19)20-14-26(33)32(3)22-9-8-18(13-21(20)22)27(29,23-15-30-16-31(23)2)24-10-11-25(28)35-24/h5-16H,4,29H2,1-3H3. The van der Waals surface area contributed by atoms with Crippen molar-refractivity contribution < 1.29 is 4.74 Å².